The van der Waals surface area contributed by atoms with Gasteiger partial charge < -0.3 is 9.84 Å². The van der Waals surface area contributed by atoms with Crippen molar-refractivity contribution in [3.63, 3.8) is 0 Å². The van der Waals surface area contributed by atoms with Crippen molar-refractivity contribution in [3.05, 3.63) is 51.7 Å². The van der Waals surface area contributed by atoms with E-state index in [-0.39, 0.29) is 0 Å². The molecule has 6 heteroatoms. The van der Waals surface area contributed by atoms with Gasteiger partial charge in [0, 0.05) is 17.8 Å². The van der Waals surface area contributed by atoms with Crippen LogP contribution in [0.1, 0.15) is 15.4 Å². The van der Waals surface area contributed by atoms with Crippen LogP contribution in [0, 0.1) is 12.7 Å². The molecule has 0 bridgehead atoms. The summed E-state index contributed by atoms with van der Waals surface area (Å²) in [5.74, 6) is -1.12. The summed E-state index contributed by atoms with van der Waals surface area (Å²) in [6.45, 7) is 2.21. The lowest BCUT2D eigenvalue weighted by atomic mass is 10.2. The van der Waals surface area contributed by atoms with Gasteiger partial charge in [0.05, 0.1) is 9.88 Å². The molecular weight excluding hydrogens is 281 g/mol. The van der Waals surface area contributed by atoms with E-state index in [9.17, 15) is 9.18 Å². The maximum atomic E-state index is 13.2. The van der Waals surface area contributed by atoms with Crippen molar-refractivity contribution in [3.8, 4) is 5.75 Å². The zero-order valence-corrected chi connectivity index (χ0v) is 11.5. The van der Waals surface area contributed by atoms with Gasteiger partial charge in [-0.05, 0) is 31.2 Å². The highest BCUT2D eigenvalue weighted by Crippen LogP contribution is 2.23. The third-order valence-electron chi connectivity index (χ3n) is 2.42. The van der Waals surface area contributed by atoms with Gasteiger partial charge in [-0.1, -0.05) is 0 Å². The number of hydrogen-bond donors (Lipinski definition) is 1. The fourth-order valence-electron chi connectivity index (χ4n) is 1.56. The number of halogens is 1. The maximum absolute atomic E-state index is 13.2. The number of carbonyl (C=O) groups is 1. The Balaban J connectivity index is 2.15. The summed E-state index contributed by atoms with van der Waals surface area (Å²) in [6, 6.07) is 3.98. The second kappa shape index (κ2) is 6.29. The Morgan fingerprint density at radius 1 is 1.55 bits per heavy atom. The van der Waals surface area contributed by atoms with Crippen LogP contribution in [-0.2, 0) is 11.4 Å². The number of aryl methyl sites for hydroxylation is 1. The Morgan fingerprint density at radius 2 is 2.35 bits per heavy atom. The Hall–Kier alpha value is -2.21. The molecule has 0 amide bonds. The van der Waals surface area contributed by atoms with Crippen molar-refractivity contribution >= 4 is 23.4 Å². The van der Waals surface area contributed by atoms with Gasteiger partial charge in [0.2, 0.25) is 0 Å². The average Bonchev–Trinajstić information content (AvgIpc) is 2.81. The molecular formula is C14H12FNO3S. The van der Waals surface area contributed by atoms with Crippen molar-refractivity contribution in [2.75, 3.05) is 0 Å². The summed E-state index contributed by atoms with van der Waals surface area (Å²) in [6.07, 6.45) is 3.97. The fourth-order valence-corrected chi connectivity index (χ4v) is 2.27. The van der Waals surface area contributed by atoms with E-state index in [0.29, 0.717) is 17.9 Å². The second-order valence-corrected chi connectivity index (χ2v) is 5.31. The molecule has 4 nitrogen and oxygen atoms in total. The van der Waals surface area contributed by atoms with Gasteiger partial charge >= 0.3 is 5.97 Å². The van der Waals surface area contributed by atoms with Crippen molar-refractivity contribution < 1.29 is 19.0 Å². The molecule has 0 atom stereocenters. The SMILES string of the molecule is Cc1ncc(COc2ccc(F)cc2/C=C/C(=O)O)s1. The molecule has 0 aliphatic rings. The first kappa shape index (κ1) is 14.2. The summed E-state index contributed by atoms with van der Waals surface area (Å²) in [4.78, 5) is 15.6. The third-order valence-corrected chi connectivity index (χ3v) is 3.30. The van der Waals surface area contributed by atoms with Crippen molar-refractivity contribution in [2.24, 2.45) is 0 Å². The first-order valence-corrected chi connectivity index (χ1v) is 6.61. The number of carboxylic acid groups (broad SMARTS) is 1. The number of thiazole rings is 1. The summed E-state index contributed by atoms with van der Waals surface area (Å²) in [7, 11) is 0. The molecule has 0 aliphatic heterocycles. The number of aliphatic carboxylic acids is 1. The van der Waals surface area contributed by atoms with E-state index in [1.54, 1.807) is 6.20 Å². The lowest BCUT2D eigenvalue weighted by Crippen LogP contribution is -1.96. The number of ether oxygens (including phenoxy) is 1. The first-order valence-electron chi connectivity index (χ1n) is 5.79. The average molecular weight is 293 g/mol. The molecule has 104 valence electrons. The molecule has 0 aliphatic carbocycles. The van der Waals surface area contributed by atoms with Crippen molar-refractivity contribution in [1.82, 2.24) is 4.98 Å². The Morgan fingerprint density at radius 3 is 3.00 bits per heavy atom. The Bertz CT molecular complexity index is 652. The minimum atomic E-state index is -1.10. The van der Waals surface area contributed by atoms with E-state index in [1.165, 1.54) is 35.6 Å². The summed E-state index contributed by atoms with van der Waals surface area (Å²) in [5.41, 5.74) is 0.383. The highest BCUT2D eigenvalue weighted by atomic mass is 32.1. The molecule has 2 rings (SSSR count). The molecule has 1 aromatic carbocycles. The zero-order chi connectivity index (χ0) is 14.5. The summed E-state index contributed by atoms with van der Waals surface area (Å²) < 4.78 is 18.8. The zero-order valence-electron chi connectivity index (χ0n) is 10.7. The molecule has 0 unspecified atom stereocenters. The number of nitrogens with zero attached hydrogens (tertiary/aromatic N) is 1. The number of carboxylic acids is 1. The van der Waals surface area contributed by atoms with Gasteiger partial charge in [-0.3, -0.25) is 0 Å². The third kappa shape index (κ3) is 3.89. The minimum Gasteiger partial charge on any atom is -0.487 e. The maximum Gasteiger partial charge on any atom is 0.328 e. The van der Waals surface area contributed by atoms with E-state index in [1.807, 2.05) is 6.92 Å². The predicted molar refractivity (Wildman–Crippen MR) is 74.3 cm³/mol. The molecule has 20 heavy (non-hydrogen) atoms. The topological polar surface area (TPSA) is 59.4 Å². The smallest absolute Gasteiger partial charge is 0.328 e. The highest BCUT2D eigenvalue weighted by molar-refractivity contribution is 7.11. The standard InChI is InChI=1S/C14H12FNO3S/c1-9-16-7-12(20-9)8-19-13-4-3-11(15)6-10(13)2-5-14(17)18/h2-7H,8H2,1H3,(H,17,18)/b5-2+. The van der Waals surface area contributed by atoms with Gasteiger partial charge in [-0.15, -0.1) is 11.3 Å². The van der Waals surface area contributed by atoms with E-state index < -0.39 is 11.8 Å². The van der Waals surface area contributed by atoms with Gasteiger partial charge in [0.25, 0.3) is 0 Å². The largest absolute Gasteiger partial charge is 0.487 e. The van der Waals surface area contributed by atoms with Crippen LogP contribution in [0.25, 0.3) is 6.08 Å². The number of benzene rings is 1. The van der Waals surface area contributed by atoms with E-state index in [4.69, 9.17) is 9.84 Å². The van der Waals surface area contributed by atoms with Crippen LogP contribution >= 0.6 is 11.3 Å². The second-order valence-electron chi connectivity index (χ2n) is 3.99. The monoisotopic (exact) mass is 293 g/mol. The summed E-state index contributed by atoms with van der Waals surface area (Å²) in [5, 5.41) is 9.56. The molecule has 0 saturated heterocycles. The minimum absolute atomic E-state index is 0.311. The quantitative estimate of drug-likeness (QED) is 0.860. The fraction of sp³-hybridized carbons (Fsp3) is 0.143. The molecule has 1 heterocycles. The molecule has 1 N–H and O–H groups in total. The van der Waals surface area contributed by atoms with Gasteiger partial charge in [-0.25, -0.2) is 14.2 Å². The number of rotatable bonds is 5. The lowest BCUT2D eigenvalue weighted by Gasteiger charge is -2.08. The predicted octanol–water partition coefficient (Wildman–Crippen LogP) is 3.27. The van der Waals surface area contributed by atoms with E-state index >= 15 is 0 Å². The van der Waals surface area contributed by atoms with Crippen LogP contribution in [0.5, 0.6) is 5.75 Å². The Labute approximate surface area is 119 Å². The molecule has 0 spiro atoms. The van der Waals surface area contributed by atoms with Gasteiger partial charge in [-0.2, -0.15) is 0 Å². The molecule has 0 radical (unpaired) electrons. The van der Waals surface area contributed by atoms with Crippen LogP contribution in [0.3, 0.4) is 0 Å². The van der Waals surface area contributed by atoms with Gasteiger partial charge in [0.15, 0.2) is 0 Å². The van der Waals surface area contributed by atoms with Crippen LogP contribution in [0.2, 0.25) is 0 Å². The molecule has 0 saturated carbocycles. The molecule has 2 aromatic rings. The van der Waals surface area contributed by atoms with Crippen molar-refractivity contribution in [2.45, 2.75) is 13.5 Å². The number of hydrogen-bond acceptors (Lipinski definition) is 4. The molecule has 1 aromatic heterocycles. The van der Waals surface area contributed by atoms with Crippen LogP contribution in [-0.4, -0.2) is 16.1 Å². The highest BCUT2D eigenvalue weighted by Gasteiger charge is 2.05. The number of aromatic nitrogens is 1. The first-order chi connectivity index (χ1) is 9.54. The van der Waals surface area contributed by atoms with Crippen LogP contribution in [0.4, 0.5) is 4.39 Å². The van der Waals surface area contributed by atoms with Crippen LogP contribution < -0.4 is 4.74 Å². The van der Waals surface area contributed by atoms with Crippen molar-refractivity contribution in [1.29, 1.82) is 0 Å². The molecule has 0 fully saturated rings. The Kier molecular flexibility index (Phi) is 4.47. The summed E-state index contributed by atoms with van der Waals surface area (Å²) >= 11 is 1.51. The van der Waals surface area contributed by atoms with E-state index in [0.717, 1.165) is 16.0 Å². The lowest BCUT2D eigenvalue weighted by molar-refractivity contribution is -0.131. The van der Waals surface area contributed by atoms with Crippen LogP contribution in [0.15, 0.2) is 30.5 Å². The van der Waals surface area contributed by atoms with E-state index in [2.05, 4.69) is 4.98 Å². The van der Waals surface area contributed by atoms with Gasteiger partial charge in [0.1, 0.15) is 18.2 Å². The normalized spacial score (nSPS) is 10.9.